The minimum absolute atomic E-state index is 0.125. The summed E-state index contributed by atoms with van der Waals surface area (Å²) in [5.74, 6) is -0.799. The highest BCUT2D eigenvalue weighted by molar-refractivity contribution is 5.85. The van der Waals surface area contributed by atoms with Crippen LogP contribution in [0.1, 0.15) is 16.8 Å². The van der Waals surface area contributed by atoms with Gasteiger partial charge in [0.25, 0.3) is 0 Å². The van der Waals surface area contributed by atoms with Crippen molar-refractivity contribution in [2.75, 3.05) is 5.32 Å². The molecule has 2 aromatic carbocycles. The van der Waals surface area contributed by atoms with Crippen molar-refractivity contribution in [3.05, 3.63) is 89.9 Å². The first-order valence-electron chi connectivity index (χ1n) is 10.0. The topological polar surface area (TPSA) is 92.9 Å². The lowest BCUT2D eigenvalue weighted by molar-refractivity contribution is -0.141. The van der Waals surface area contributed by atoms with E-state index >= 15 is 0 Å². The van der Waals surface area contributed by atoms with Crippen LogP contribution in [-0.2, 0) is 11.0 Å². The molecule has 0 radical (unpaired) electrons. The Kier molecular flexibility index (Phi) is 6.13. The van der Waals surface area contributed by atoms with Gasteiger partial charge in [-0.3, -0.25) is 0 Å². The SMILES string of the molecule is Cc1cccc(Nc2ncc(-c3cccc(/C=C/C(=O)O)c3)c(-n3ccc(C(F)(F)F)n3)n2)c1. The standard InChI is InChI=1S/C24H18F3N5O2/c1-15-4-2-7-18(12-15)29-23-28-14-19(17-6-3-5-16(13-17)8-9-21(33)34)22(30-23)32-11-10-20(31-32)24(25,26)27/h2-14H,1H3,(H,33,34)(H,28,29,30)/b9-8+. The van der Waals surface area contributed by atoms with Gasteiger partial charge in [0.1, 0.15) is 0 Å². The first kappa shape index (κ1) is 22.7. The highest BCUT2D eigenvalue weighted by Crippen LogP contribution is 2.31. The molecule has 0 aliphatic carbocycles. The summed E-state index contributed by atoms with van der Waals surface area (Å²) in [7, 11) is 0. The lowest BCUT2D eigenvalue weighted by Crippen LogP contribution is -2.10. The smallest absolute Gasteiger partial charge is 0.435 e. The number of nitrogens with one attached hydrogen (secondary N) is 1. The van der Waals surface area contributed by atoms with Crippen LogP contribution >= 0.6 is 0 Å². The van der Waals surface area contributed by atoms with E-state index in [1.807, 2.05) is 31.2 Å². The third kappa shape index (κ3) is 5.29. The molecular formula is C24H18F3N5O2. The lowest BCUT2D eigenvalue weighted by Gasteiger charge is -2.12. The first-order chi connectivity index (χ1) is 16.2. The van der Waals surface area contributed by atoms with Gasteiger partial charge in [-0.2, -0.15) is 23.3 Å². The first-order valence-corrected chi connectivity index (χ1v) is 10.0. The van der Waals surface area contributed by atoms with E-state index in [0.717, 1.165) is 28.1 Å². The van der Waals surface area contributed by atoms with Crippen LogP contribution in [0.3, 0.4) is 0 Å². The number of hydrogen-bond acceptors (Lipinski definition) is 5. The average molecular weight is 465 g/mol. The van der Waals surface area contributed by atoms with E-state index in [1.54, 1.807) is 24.3 Å². The van der Waals surface area contributed by atoms with Gasteiger partial charge >= 0.3 is 12.1 Å². The van der Waals surface area contributed by atoms with Crippen molar-refractivity contribution in [3.8, 4) is 16.9 Å². The Morgan fingerprint density at radius 3 is 2.62 bits per heavy atom. The van der Waals surface area contributed by atoms with Crippen LogP contribution < -0.4 is 5.32 Å². The zero-order valence-electron chi connectivity index (χ0n) is 17.8. The third-order valence-electron chi connectivity index (χ3n) is 4.76. The quantitative estimate of drug-likeness (QED) is 0.366. The molecule has 0 fully saturated rings. The summed E-state index contributed by atoms with van der Waals surface area (Å²) >= 11 is 0. The number of rotatable bonds is 6. The largest absolute Gasteiger partial charge is 0.478 e. The fourth-order valence-electron chi connectivity index (χ4n) is 3.23. The maximum absolute atomic E-state index is 13.2. The number of nitrogens with zero attached hydrogens (tertiary/aromatic N) is 4. The Morgan fingerprint density at radius 2 is 1.91 bits per heavy atom. The summed E-state index contributed by atoms with van der Waals surface area (Å²) in [5, 5.41) is 15.6. The van der Waals surface area contributed by atoms with Crippen molar-refractivity contribution in [1.29, 1.82) is 0 Å². The maximum Gasteiger partial charge on any atom is 0.435 e. The van der Waals surface area contributed by atoms with Gasteiger partial charge in [-0.05, 0) is 54.0 Å². The fourth-order valence-corrected chi connectivity index (χ4v) is 3.23. The van der Waals surface area contributed by atoms with Crippen LogP contribution in [0.15, 0.2) is 73.1 Å². The molecule has 0 aliphatic heterocycles. The predicted octanol–water partition coefficient (Wildman–Crippen LogP) is 5.50. The Labute approximate surface area is 192 Å². The second-order valence-electron chi connectivity index (χ2n) is 7.37. The summed E-state index contributed by atoms with van der Waals surface area (Å²) in [5.41, 5.74) is 2.25. The molecule has 34 heavy (non-hydrogen) atoms. The second-order valence-corrected chi connectivity index (χ2v) is 7.37. The van der Waals surface area contributed by atoms with Crippen LogP contribution in [0.2, 0.25) is 0 Å². The van der Waals surface area contributed by atoms with Crippen molar-refractivity contribution in [1.82, 2.24) is 19.7 Å². The highest BCUT2D eigenvalue weighted by Gasteiger charge is 2.34. The van der Waals surface area contributed by atoms with Crippen LogP contribution in [-0.4, -0.2) is 30.8 Å². The highest BCUT2D eigenvalue weighted by atomic mass is 19.4. The molecule has 2 heterocycles. The lowest BCUT2D eigenvalue weighted by atomic mass is 10.0. The maximum atomic E-state index is 13.2. The summed E-state index contributed by atoms with van der Waals surface area (Å²) in [6.07, 6.45) is 0.460. The Bertz CT molecular complexity index is 1380. The zero-order chi connectivity index (χ0) is 24.3. The van der Waals surface area contributed by atoms with E-state index in [4.69, 9.17) is 5.11 Å². The summed E-state index contributed by atoms with van der Waals surface area (Å²) < 4.78 is 40.6. The Balaban J connectivity index is 1.80. The van der Waals surface area contributed by atoms with Gasteiger partial charge < -0.3 is 10.4 Å². The zero-order valence-corrected chi connectivity index (χ0v) is 17.8. The number of carboxylic acids is 1. The van der Waals surface area contributed by atoms with E-state index < -0.39 is 17.8 Å². The monoisotopic (exact) mass is 465 g/mol. The van der Waals surface area contributed by atoms with Crippen molar-refractivity contribution in [2.24, 2.45) is 0 Å². The molecule has 2 N–H and O–H groups in total. The minimum Gasteiger partial charge on any atom is -0.478 e. The number of halogens is 3. The number of aryl methyl sites for hydroxylation is 1. The predicted molar refractivity (Wildman–Crippen MR) is 121 cm³/mol. The van der Waals surface area contributed by atoms with Crippen molar-refractivity contribution in [2.45, 2.75) is 13.1 Å². The molecule has 0 spiro atoms. The van der Waals surface area contributed by atoms with Crippen molar-refractivity contribution < 1.29 is 23.1 Å². The molecule has 4 aromatic rings. The summed E-state index contributed by atoms with van der Waals surface area (Å²) in [4.78, 5) is 19.6. The molecule has 4 rings (SSSR count). The molecule has 0 unspecified atom stereocenters. The van der Waals surface area contributed by atoms with E-state index in [2.05, 4.69) is 20.4 Å². The van der Waals surface area contributed by atoms with Gasteiger partial charge in [0.2, 0.25) is 5.95 Å². The molecule has 0 atom stereocenters. The average Bonchev–Trinajstić information content (AvgIpc) is 3.29. The molecule has 2 aromatic heterocycles. The summed E-state index contributed by atoms with van der Waals surface area (Å²) in [6.45, 7) is 1.93. The van der Waals surface area contributed by atoms with E-state index in [-0.39, 0.29) is 11.8 Å². The molecule has 7 nitrogen and oxygen atoms in total. The van der Waals surface area contributed by atoms with E-state index in [1.165, 1.54) is 18.5 Å². The van der Waals surface area contributed by atoms with Gasteiger partial charge in [-0.1, -0.05) is 30.3 Å². The molecule has 172 valence electrons. The van der Waals surface area contributed by atoms with Crippen LogP contribution in [0, 0.1) is 6.92 Å². The van der Waals surface area contributed by atoms with Gasteiger partial charge in [-0.25, -0.2) is 14.5 Å². The molecule has 0 aliphatic rings. The molecule has 0 amide bonds. The third-order valence-corrected chi connectivity index (χ3v) is 4.76. The number of hydrogen-bond donors (Lipinski definition) is 2. The van der Waals surface area contributed by atoms with Gasteiger partial charge in [0, 0.05) is 29.7 Å². The number of alkyl halides is 3. The number of benzene rings is 2. The molecule has 10 heteroatoms. The number of aliphatic carboxylic acids is 1. The Hall–Kier alpha value is -4.47. The Morgan fingerprint density at radius 1 is 1.12 bits per heavy atom. The van der Waals surface area contributed by atoms with Crippen LogP contribution in [0.4, 0.5) is 24.8 Å². The van der Waals surface area contributed by atoms with E-state index in [0.29, 0.717) is 16.7 Å². The number of aromatic nitrogens is 4. The van der Waals surface area contributed by atoms with Crippen molar-refractivity contribution in [3.63, 3.8) is 0 Å². The number of carboxylic acid groups (broad SMARTS) is 1. The van der Waals surface area contributed by atoms with Crippen LogP contribution in [0.5, 0.6) is 0 Å². The molecular weight excluding hydrogens is 447 g/mol. The summed E-state index contributed by atoms with van der Waals surface area (Å²) in [6, 6.07) is 15.2. The molecule has 0 bridgehead atoms. The van der Waals surface area contributed by atoms with Gasteiger partial charge in [0.05, 0.1) is 0 Å². The van der Waals surface area contributed by atoms with Gasteiger partial charge in [0.15, 0.2) is 11.5 Å². The number of carbonyl (C=O) groups is 1. The number of anilines is 2. The molecule has 0 saturated heterocycles. The van der Waals surface area contributed by atoms with Crippen LogP contribution in [0.25, 0.3) is 23.0 Å². The normalized spacial score (nSPS) is 11.6. The fraction of sp³-hybridized carbons (Fsp3) is 0.0833. The van der Waals surface area contributed by atoms with Gasteiger partial charge in [-0.15, -0.1) is 0 Å². The van der Waals surface area contributed by atoms with E-state index in [9.17, 15) is 18.0 Å². The second kappa shape index (κ2) is 9.18. The van der Waals surface area contributed by atoms with Crippen molar-refractivity contribution >= 4 is 23.7 Å². The minimum atomic E-state index is -4.61. The molecule has 0 saturated carbocycles.